The summed E-state index contributed by atoms with van der Waals surface area (Å²) >= 11 is 0. The highest BCUT2D eigenvalue weighted by Crippen LogP contribution is 2.43. The molecule has 0 saturated carbocycles. The van der Waals surface area contributed by atoms with Crippen LogP contribution in [0.25, 0.3) is 82.1 Å². The van der Waals surface area contributed by atoms with Gasteiger partial charge in [0.15, 0.2) is 0 Å². The molecular formula is C60H42N2. The van der Waals surface area contributed by atoms with Crippen molar-refractivity contribution in [2.24, 2.45) is 0 Å². The zero-order valence-electron chi connectivity index (χ0n) is 34.2. The van der Waals surface area contributed by atoms with Crippen LogP contribution in [-0.4, -0.2) is 4.57 Å². The van der Waals surface area contributed by atoms with E-state index in [0.717, 1.165) is 23.5 Å². The number of benzene rings is 10. The highest BCUT2D eigenvalue weighted by atomic mass is 15.1. The second-order valence-electron chi connectivity index (χ2n) is 16.5. The fourth-order valence-corrected chi connectivity index (χ4v) is 9.87. The van der Waals surface area contributed by atoms with Gasteiger partial charge in [0.2, 0.25) is 0 Å². The van der Waals surface area contributed by atoms with Gasteiger partial charge in [-0.05, 0) is 133 Å². The molecular weight excluding hydrogens is 749 g/mol. The highest BCUT2D eigenvalue weighted by molar-refractivity contribution is 6.15. The number of para-hydroxylation sites is 2. The Labute approximate surface area is 361 Å². The van der Waals surface area contributed by atoms with Crippen molar-refractivity contribution >= 4 is 71.2 Å². The Bertz CT molecular complexity index is 3530. The molecule has 0 bridgehead atoms. The van der Waals surface area contributed by atoms with Crippen LogP contribution in [0.2, 0.25) is 0 Å². The summed E-state index contributed by atoms with van der Waals surface area (Å²) in [5.74, 6) is 0.299. The zero-order valence-corrected chi connectivity index (χ0v) is 34.2. The van der Waals surface area contributed by atoms with Crippen LogP contribution in [0.15, 0.2) is 237 Å². The van der Waals surface area contributed by atoms with Gasteiger partial charge in [0, 0.05) is 39.4 Å². The molecule has 0 fully saturated rings. The Kier molecular flexibility index (Phi) is 8.67. The summed E-state index contributed by atoms with van der Waals surface area (Å²) in [6.45, 7) is 0. The molecule has 1 heterocycles. The Hall–Kier alpha value is -7.94. The molecule has 1 unspecified atom stereocenters. The van der Waals surface area contributed by atoms with E-state index in [9.17, 15) is 0 Å². The molecule has 2 nitrogen and oxygen atoms in total. The largest absolute Gasteiger partial charge is 0.310 e. The molecule has 2 heteroatoms. The van der Waals surface area contributed by atoms with Crippen LogP contribution < -0.4 is 4.90 Å². The number of hydrogen-bond acceptors (Lipinski definition) is 1. The van der Waals surface area contributed by atoms with Crippen LogP contribution in [0.5, 0.6) is 0 Å². The second kappa shape index (κ2) is 15.0. The molecule has 12 rings (SSSR count). The van der Waals surface area contributed by atoms with Crippen molar-refractivity contribution in [3.8, 4) is 27.9 Å². The van der Waals surface area contributed by atoms with Gasteiger partial charge in [-0.1, -0.05) is 170 Å². The quantitative estimate of drug-likeness (QED) is 0.146. The summed E-state index contributed by atoms with van der Waals surface area (Å²) in [5, 5.41) is 10.2. The minimum Gasteiger partial charge on any atom is -0.310 e. The lowest BCUT2D eigenvalue weighted by Gasteiger charge is -2.30. The maximum atomic E-state index is 2.43. The number of anilines is 3. The van der Waals surface area contributed by atoms with E-state index in [1.165, 1.54) is 87.6 Å². The van der Waals surface area contributed by atoms with Crippen LogP contribution in [0.4, 0.5) is 17.1 Å². The first-order valence-electron chi connectivity index (χ1n) is 21.6. The summed E-state index contributed by atoms with van der Waals surface area (Å²) in [6.07, 6.45) is 9.93. The Morgan fingerprint density at radius 1 is 0.403 bits per heavy atom. The van der Waals surface area contributed by atoms with E-state index in [0.29, 0.717) is 5.92 Å². The first-order chi connectivity index (χ1) is 30.7. The molecule has 1 aliphatic carbocycles. The van der Waals surface area contributed by atoms with Crippen LogP contribution in [-0.2, 0) is 0 Å². The molecule has 0 aliphatic heterocycles. The van der Waals surface area contributed by atoms with E-state index < -0.39 is 0 Å². The summed E-state index contributed by atoms with van der Waals surface area (Å²) in [4.78, 5) is 2.43. The topological polar surface area (TPSA) is 8.17 Å². The van der Waals surface area contributed by atoms with Crippen LogP contribution in [0.1, 0.15) is 17.9 Å². The van der Waals surface area contributed by atoms with Crippen molar-refractivity contribution in [3.63, 3.8) is 0 Å². The Balaban J connectivity index is 0.924. The van der Waals surface area contributed by atoms with Crippen molar-refractivity contribution in [1.29, 1.82) is 0 Å². The lowest BCUT2D eigenvalue weighted by molar-refractivity contribution is 0.852. The number of rotatable bonds is 7. The van der Waals surface area contributed by atoms with E-state index in [1.807, 2.05) is 0 Å². The average Bonchev–Trinajstić information content (AvgIpc) is 3.67. The molecule has 11 aromatic rings. The number of nitrogens with zero attached hydrogens (tertiary/aromatic N) is 2. The van der Waals surface area contributed by atoms with Crippen molar-refractivity contribution in [2.45, 2.75) is 12.3 Å². The molecule has 1 aliphatic rings. The van der Waals surface area contributed by atoms with Crippen LogP contribution in [0.3, 0.4) is 0 Å². The number of fused-ring (bicyclic) bond motifs is 7. The van der Waals surface area contributed by atoms with Crippen LogP contribution in [0, 0.1) is 0 Å². The summed E-state index contributed by atoms with van der Waals surface area (Å²) in [6, 6.07) is 78.1. The predicted octanol–water partition coefficient (Wildman–Crippen LogP) is 16.6. The molecule has 1 atom stereocenters. The van der Waals surface area contributed by atoms with E-state index in [1.54, 1.807) is 0 Å². The lowest BCUT2D eigenvalue weighted by Crippen LogP contribution is -2.13. The minimum atomic E-state index is 0.299. The second-order valence-corrected chi connectivity index (χ2v) is 16.5. The van der Waals surface area contributed by atoms with Gasteiger partial charge in [0.1, 0.15) is 0 Å². The van der Waals surface area contributed by atoms with Crippen molar-refractivity contribution in [3.05, 3.63) is 242 Å². The molecule has 0 amide bonds. The van der Waals surface area contributed by atoms with Gasteiger partial charge >= 0.3 is 0 Å². The third-order valence-corrected chi connectivity index (χ3v) is 12.9. The van der Waals surface area contributed by atoms with Crippen LogP contribution >= 0.6 is 0 Å². The van der Waals surface area contributed by atoms with Gasteiger partial charge in [0.05, 0.1) is 11.0 Å². The highest BCUT2D eigenvalue weighted by Gasteiger charge is 2.21. The SMILES string of the molecule is C1=CCC(c2ccccc2N(c2ccc(-c3ccc(-n4c5ccccc5c5cc6ccccc6cc54)cc3)cc2)c2ccc(-c3cc4ccccc4c4ccccc34)cc2)C=C1. The Morgan fingerprint density at radius 2 is 0.984 bits per heavy atom. The standard InChI is InChI=1S/C60H42N2/c1-2-14-43(15-3-1)52-20-10-12-24-58(52)61(49-36-30-44(31-37-49)56-39-47-18-6-7-19-51(47)53-21-8-9-22-54(53)56)48-32-26-41(27-33-48)42-28-34-50(35-29-42)62-59-25-13-11-23-55(59)57-38-45-16-4-5-17-46(45)40-60(57)62/h1-14,16-40,43H,15H2. The monoisotopic (exact) mass is 790 g/mol. The third-order valence-electron chi connectivity index (χ3n) is 12.9. The van der Waals surface area contributed by atoms with E-state index >= 15 is 0 Å². The number of allylic oxidation sites excluding steroid dienone is 4. The van der Waals surface area contributed by atoms with Gasteiger partial charge in [-0.2, -0.15) is 0 Å². The first kappa shape index (κ1) is 36.0. The molecule has 292 valence electrons. The van der Waals surface area contributed by atoms with Gasteiger partial charge in [-0.3, -0.25) is 0 Å². The van der Waals surface area contributed by atoms with E-state index in [4.69, 9.17) is 0 Å². The van der Waals surface area contributed by atoms with Gasteiger partial charge in [-0.15, -0.1) is 0 Å². The molecule has 1 aromatic heterocycles. The lowest BCUT2D eigenvalue weighted by atomic mass is 9.90. The fraction of sp³-hybridized carbons (Fsp3) is 0.0333. The third kappa shape index (κ3) is 6.11. The minimum absolute atomic E-state index is 0.299. The summed E-state index contributed by atoms with van der Waals surface area (Å²) in [5.41, 5.74) is 13.2. The number of hydrogen-bond donors (Lipinski definition) is 0. The first-order valence-corrected chi connectivity index (χ1v) is 21.6. The maximum absolute atomic E-state index is 2.43. The molecule has 10 aromatic carbocycles. The average molecular weight is 791 g/mol. The van der Waals surface area contributed by atoms with Crippen molar-refractivity contribution in [1.82, 2.24) is 4.57 Å². The van der Waals surface area contributed by atoms with Crippen molar-refractivity contribution < 1.29 is 0 Å². The maximum Gasteiger partial charge on any atom is 0.0547 e. The van der Waals surface area contributed by atoms with Gasteiger partial charge in [-0.25, -0.2) is 0 Å². The van der Waals surface area contributed by atoms with Gasteiger partial charge in [0.25, 0.3) is 0 Å². The number of aromatic nitrogens is 1. The molecule has 0 N–H and O–H groups in total. The fourth-order valence-electron chi connectivity index (χ4n) is 9.87. The Morgan fingerprint density at radius 3 is 1.71 bits per heavy atom. The van der Waals surface area contributed by atoms with E-state index in [2.05, 4.69) is 246 Å². The summed E-state index contributed by atoms with van der Waals surface area (Å²) in [7, 11) is 0. The smallest absolute Gasteiger partial charge is 0.0547 e. The molecule has 0 radical (unpaired) electrons. The predicted molar refractivity (Wildman–Crippen MR) is 264 cm³/mol. The van der Waals surface area contributed by atoms with Crippen molar-refractivity contribution in [2.75, 3.05) is 4.90 Å². The molecule has 0 spiro atoms. The van der Waals surface area contributed by atoms with Gasteiger partial charge < -0.3 is 9.47 Å². The normalized spacial score (nSPS) is 13.8. The molecule has 62 heavy (non-hydrogen) atoms. The molecule has 0 saturated heterocycles. The summed E-state index contributed by atoms with van der Waals surface area (Å²) < 4.78 is 2.41. The zero-order chi connectivity index (χ0) is 41.0. The van der Waals surface area contributed by atoms with E-state index in [-0.39, 0.29) is 0 Å².